The second-order valence-corrected chi connectivity index (χ2v) is 10.4. The minimum atomic E-state index is -0.793. The number of aryl methyl sites for hydroxylation is 4. The van der Waals surface area contributed by atoms with Gasteiger partial charge in [-0.25, -0.2) is 9.80 Å². The minimum Gasteiger partial charge on any atom is -0.349 e. The van der Waals surface area contributed by atoms with Crippen molar-refractivity contribution in [1.82, 2.24) is 0 Å². The van der Waals surface area contributed by atoms with Crippen molar-refractivity contribution in [2.24, 2.45) is 0 Å². The van der Waals surface area contributed by atoms with Crippen molar-refractivity contribution < 1.29 is 19.2 Å². The highest BCUT2D eigenvalue weighted by atomic mass is 35.5. The summed E-state index contributed by atoms with van der Waals surface area (Å²) in [6, 6.07) is 17.4. The number of rotatable bonds is 6. The molecule has 0 aromatic heterocycles. The fourth-order valence-corrected chi connectivity index (χ4v) is 4.94. The Morgan fingerprint density at radius 1 is 0.550 bits per heavy atom. The zero-order chi connectivity index (χ0) is 28.9. The summed E-state index contributed by atoms with van der Waals surface area (Å²) in [6.45, 7) is 7.51. The van der Waals surface area contributed by atoms with E-state index in [4.69, 9.17) is 23.2 Å². The molecule has 0 saturated heterocycles. The van der Waals surface area contributed by atoms with Gasteiger partial charge < -0.3 is 10.6 Å². The molecule has 5 rings (SSSR count). The van der Waals surface area contributed by atoms with Crippen molar-refractivity contribution in [3.63, 3.8) is 0 Å². The van der Waals surface area contributed by atoms with Crippen molar-refractivity contribution >= 4 is 69.6 Å². The molecule has 0 saturated carbocycles. The van der Waals surface area contributed by atoms with Gasteiger partial charge in [-0.15, -0.1) is 0 Å². The number of para-hydroxylation sites is 2. The quantitative estimate of drug-likeness (QED) is 0.361. The number of nitrogens with one attached hydrogen (secondary N) is 2. The first kappa shape index (κ1) is 27.2. The molecule has 2 heterocycles. The standard InChI is InChI=1S/C30H24Cl2N4O4/c1-15-9-11-17(3)19(13-15)33-25-23(31)27(37)35(29(25)39)21-7-5-6-8-22(21)36-28(38)24(32)26(30(36)40)34-20-14-16(2)10-12-18(20)4/h5-14,33-34H,1-4H3. The van der Waals surface area contributed by atoms with Crippen LogP contribution in [-0.4, -0.2) is 23.6 Å². The van der Waals surface area contributed by atoms with E-state index in [0.29, 0.717) is 11.4 Å². The van der Waals surface area contributed by atoms with Gasteiger partial charge in [-0.1, -0.05) is 59.6 Å². The first-order chi connectivity index (χ1) is 19.0. The molecule has 40 heavy (non-hydrogen) atoms. The first-order valence-corrected chi connectivity index (χ1v) is 13.1. The largest absolute Gasteiger partial charge is 0.349 e. The number of anilines is 4. The van der Waals surface area contributed by atoms with Crippen LogP contribution in [0.1, 0.15) is 22.3 Å². The van der Waals surface area contributed by atoms with Crippen LogP contribution in [0, 0.1) is 27.7 Å². The number of imide groups is 2. The number of hydrogen-bond donors (Lipinski definition) is 2. The molecule has 0 atom stereocenters. The zero-order valence-corrected chi connectivity index (χ0v) is 23.6. The van der Waals surface area contributed by atoms with Crippen molar-refractivity contribution in [3.05, 3.63) is 104 Å². The first-order valence-electron chi connectivity index (χ1n) is 12.3. The fraction of sp³-hybridized carbons (Fsp3) is 0.133. The summed E-state index contributed by atoms with van der Waals surface area (Å²) < 4.78 is 0. The fourth-order valence-electron chi connectivity index (χ4n) is 4.51. The lowest BCUT2D eigenvalue weighted by atomic mass is 10.1. The summed E-state index contributed by atoms with van der Waals surface area (Å²) in [5.74, 6) is -3.04. The van der Waals surface area contributed by atoms with E-state index in [1.54, 1.807) is 12.1 Å². The predicted molar refractivity (Wildman–Crippen MR) is 156 cm³/mol. The number of halogens is 2. The average Bonchev–Trinajstić information content (AvgIpc) is 3.26. The maximum absolute atomic E-state index is 13.6. The van der Waals surface area contributed by atoms with Gasteiger partial charge in [0.05, 0.1) is 11.4 Å². The van der Waals surface area contributed by atoms with Gasteiger partial charge in [0, 0.05) is 11.4 Å². The molecule has 0 spiro atoms. The van der Waals surface area contributed by atoms with E-state index < -0.39 is 23.6 Å². The summed E-state index contributed by atoms with van der Waals surface area (Å²) in [6.07, 6.45) is 0. The van der Waals surface area contributed by atoms with Crippen LogP contribution < -0.4 is 20.4 Å². The summed E-state index contributed by atoms with van der Waals surface area (Å²) in [5, 5.41) is 5.35. The molecule has 0 radical (unpaired) electrons. The summed E-state index contributed by atoms with van der Waals surface area (Å²) in [7, 11) is 0. The Balaban J connectivity index is 1.49. The van der Waals surface area contributed by atoms with E-state index in [9.17, 15) is 19.2 Å². The Hall–Kier alpha value is -4.40. The van der Waals surface area contributed by atoms with Crippen LogP contribution in [0.5, 0.6) is 0 Å². The minimum absolute atomic E-state index is 0.00701. The van der Waals surface area contributed by atoms with Gasteiger partial charge in [-0.05, 0) is 74.2 Å². The highest BCUT2D eigenvalue weighted by molar-refractivity contribution is 6.55. The normalized spacial score (nSPS) is 15.7. The molecule has 3 aromatic rings. The van der Waals surface area contributed by atoms with Crippen LogP contribution in [-0.2, 0) is 19.2 Å². The number of hydrogen-bond acceptors (Lipinski definition) is 6. The molecule has 202 valence electrons. The lowest BCUT2D eigenvalue weighted by Gasteiger charge is -2.23. The van der Waals surface area contributed by atoms with Crippen molar-refractivity contribution in [2.75, 3.05) is 20.4 Å². The van der Waals surface area contributed by atoms with Gasteiger partial charge in [-0.2, -0.15) is 0 Å². The third kappa shape index (κ3) is 4.55. The Morgan fingerprint density at radius 2 is 0.925 bits per heavy atom. The lowest BCUT2D eigenvalue weighted by Crippen LogP contribution is -2.37. The molecule has 8 nitrogen and oxygen atoms in total. The average molecular weight is 575 g/mol. The highest BCUT2D eigenvalue weighted by Crippen LogP contribution is 2.40. The van der Waals surface area contributed by atoms with Crippen molar-refractivity contribution in [3.8, 4) is 0 Å². The Morgan fingerprint density at radius 3 is 1.30 bits per heavy atom. The molecule has 0 fully saturated rings. The molecule has 2 aliphatic rings. The van der Waals surface area contributed by atoms with Crippen LogP contribution in [0.15, 0.2) is 82.1 Å². The van der Waals surface area contributed by atoms with Gasteiger partial charge in [0.1, 0.15) is 21.5 Å². The maximum Gasteiger partial charge on any atom is 0.283 e. The molecule has 0 unspecified atom stereocenters. The van der Waals surface area contributed by atoms with Crippen LogP contribution in [0.3, 0.4) is 0 Å². The van der Waals surface area contributed by atoms with Gasteiger partial charge in [-0.3, -0.25) is 19.2 Å². The van der Waals surface area contributed by atoms with Gasteiger partial charge >= 0.3 is 0 Å². The second kappa shape index (κ2) is 10.3. The maximum atomic E-state index is 13.6. The second-order valence-electron chi connectivity index (χ2n) is 9.64. The van der Waals surface area contributed by atoms with Crippen LogP contribution in [0.25, 0.3) is 0 Å². The Kier molecular flexibility index (Phi) is 6.99. The van der Waals surface area contributed by atoms with E-state index in [2.05, 4.69) is 10.6 Å². The molecule has 4 amide bonds. The smallest absolute Gasteiger partial charge is 0.283 e. The topological polar surface area (TPSA) is 98.8 Å². The van der Waals surface area contributed by atoms with E-state index in [-0.39, 0.29) is 32.8 Å². The van der Waals surface area contributed by atoms with Crippen LogP contribution >= 0.6 is 23.2 Å². The predicted octanol–water partition coefficient (Wildman–Crippen LogP) is 5.79. The molecule has 3 aromatic carbocycles. The molecule has 2 N–H and O–H groups in total. The number of carbonyl (C=O) groups is 4. The van der Waals surface area contributed by atoms with Gasteiger partial charge in [0.15, 0.2) is 0 Å². The SMILES string of the molecule is Cc1ccc(C)c(NC2=C(Cl)C(=O)N(c3ccccc3N3C(=O)C(Cl)=C(Nc4cc(C)ccc4C)C3=O)C2=O)c1. The third-order valence-corrected chi connectivity index (χ3v) is 7.42. The number of nitrogens with zero attached hydrogens (tertiary/aromatic N) is 2. The lowest BCUT2D eigenvalue weighted by molar-refractivity contribution is -0.122. The summed E-state index contributed by atoms with van der Waals surface area (Å²) in [4.78, 5) is 55.4. The van der Waals surface area contributed by atoms with Crippen LogP contribution in [0.4, 0.5) is 22.7 Å². The number of amides is 4. The molecular formula is C30H24Cl2N4O4. The molecular weight excluding hydrogens is 551 g/mol. The van der Waals surface area contributed by atoms with E-state index in [1.807, 2.05) is 64.1 Å². The van der Waals surface area contributed by atoms with Crippen LogP contribution in [0.2, 0.25) is 0 Å². The number of benzene rings is 3. The Bertz CT molecular complexity index is 1580. The molecule has 2 aliphatic heterocycles. The third-order valence-electron chi connectivity index (χ3n) is 6.72. The summed E-state index contributed by atoms with van der Waals surface area (Å²) in [5.41, 5.74) is 4.62. The van der Waals surface area contributed by atoms with E-state index in [0.717, 1.165) is 32.1 Å². The number of carbonyl (C=O) groups excluding carboxylic acids is 4. The Labute approximate surface area is 240 Å². The monoisotopic (exact) mass is 574 g/mol. The molecule has 10 heteroatoms. The molecule has 0 aliphatic carbocycles. The zero-order valence-electron chi connectivity index (χ0n) is 22.1. The van der Waals surface area contributed by atoms with Crippen molar-refractivity contribution in [1.29, 1.82) is 0 Å². The summed E-state index contributed by atoms with van der Waals surface area (Å²) >= 11 is 12.7. The van der Waals surface area contributed by atoms with Gasteiger partial charge in [0.2, 0.25) is 0 Å². The van der Waals surface area contributed by atoms with Gasteiger partial charge in [0.25, 0.3) is 23.6 Å². The van der Waals surface area contributed by atoms with Crippen molar-refractivity contribution in [2.45, 2.75) is 27.7 Å². The molecule has 0 bridgehead atoms. The van der Waals surface area contributed by atoms with E-state index in [1.165, 1.54) is 12.1 Å². The highest BCUT2D eigenvalue weighted by Gasteiger charge is 2.44. The van der Waals surface area contributed by atoms with E-state index >= 15 is 0 Å².